The molecular formula is C13H25N3O. The van der Waals surface area contributed by atoms with Gasteiger partial charge in [0.05, 0.1) is 0 Å². The molecule has 2 aliphatic rings. The van der Waals surface area contributed by atoms with Crippen LogP contribution in [0.3, 0.4) is 0 Å². The van der Waals surface area contributed by atoms with Crippen LogP contribution in [-0.2, 0) is 4.79 Å². The Bertz CT molecular complexity index is 263. The van der Waals surface area contributed by atoms with Crippen molar-refractivity contribution in [1.82, 2.24) is 9.80 Å². The molecule has 4 heteroatoms. The molecular weight excluding hydrogens is 214 g/mol. The van der Waals surface area contributed by atoms with Gasteiger partial charge in [-0.05, 0) is 31.7 Å². The van der Waals surface area contributed by atoms with Crippen molar-refractivity contribution >= 4 is 5.91 Å². The van der Waals surface area contributed by atoms with Crippen LogP contribution in [0.5, 0.6) is 0 Å². The molecule has 0 bridgehead atoms. The summed E-state index contributed by atoms with van der Waals surface area (Å²) in [4.78, 5) is 16.5. The van der Waals surface area contributed by atoms with Crippen LogP contribution in [0.25, 0.3) is 0 Å². The second-order valence-corrected chi connectivity index (χ2v) is 5.57. The van der Waals surface area contributed by atoms with Crippen molar-refractivity contribution in [2.75, 3.05) is 32.7 Å². The van der Waals surface area contributed by atoms with Crippen LogP contribution >= 0.6 is 0 Å². The van der Waals surface area contributed by atoms with Crippen LogP contribution < -0.4 is 5.73 Å². The van der Waals surface area contributed by atoms with Crippen molar-refractivity contribution < 1.29 is 4.79 Å². The van der Waals surface area contributed by atoms with Crippen molar-refractivity contribution in [1.29, 1.82) is 0 Å². The number of amides is 1. The fourth-order valence-corrected chi connectivity index (χ4v) is 2.96. The number of hydrogen-bond donors (Lipinski definition) is 1. The summed E-state index contributed by atoms with van der Waals surface area (Å²) < 4.78 is 0. The molecule has 0 spiro atoms. The Morgan fingerprint density at radius 2 is 2.06 bits per heavy atom. The molecule has 0 aromatic heterocycles. The first-order valence-corrected chi connectivity index (χ1v) is 6.92. The van der Waals surface area contributed by atoms with E-state index in [1.807, 2.05) is 4.90 Å². The molecule has 4 nitrogen and oxygen atoms in total. The number of carbonyl (C=O) groups is 1. The number of likely N-dealkylation sites (tertiary alicyclic amines) is 2. The van der Waals surface area contributed by atoms with Gasteiger partial charge in [-0.25, -0.2) is 0 Å². The first kappa shape index (κ1) is 12.8. The average molecular weight is 239 g/mol. The van der Waals surface area contributed by atoms with Gasteiger partial charge in [0.1, 0.15) is 0 Å². The highest BCUT2D eigenvalue weighted by molar-refractivity contribution is 5.77. The third kappa shape index (κ3) is 3.19. The number of carbonyl (C=O) groups excluding carboxylic acids is 1. The van der Waals surface area contributed by atoms with Crippen LogP contribution in [0.4, 0.5) is 0 Å². The van der Waals surface area contributed by atoms with Gasteiger partial charge in [0.15, 0.2) is 0 Å². The summed E-state index contributed by atoms with van der Waals surface area (Å²) in [5.41, 5.74) is 5.83. The minimum Gasteiger partial charge on any atom is -0.343 e. The Kier molecular flexibility index (Phi) is 4.40. The van der Waals surface area contributed by atoms with E-state index in [2.05, 4.69) is 11.8 Å². The zero-order valence-corrected chi connectivity index (χ0v) is 10.9. The molecule has 2 atom stereocenters. The first-order chi connectivity index (χ1) is 8.20. The zero-order chi connectivity index (χ0) is 12.3. The molecule has 2 rings (SSSR count). The van der Waals surface area contributed by atoms with Gasteiger partial charge in [0, 0.05) is 38.6 Å². The third-order valence-electron chi connectivity index (χ3n) is 4.11. The van der Waals surface area contributed by atoms with Gasteiger partial charge >= 0.3 is 0 Å². The largest absolute Gasteiger partial charge is 0.343 e. The topological polar surface area (TPSA) is 49.6 Å². The van der Waals surface area contributed by atoms with Crippen molar-refractivity contribution in [3.05, 3.63) is 0 Å². The van der Waals surface area contributed by atoms with Gasteiger partial charge < -0.3 is 10.6 Å². The van der Waals surface area contributed by atoms with Gasteiger partial charge in [-0.3, -0.25) is 9.69 Å². The first-order valence-electron chi connectivity index (χ1n) is 6.92. The number of nitrogens with two attached hydrogens (primary N) is 1. The minimum absolute atomic E-state index is 0.257. The summed E-state index contributed by atoms with van der Waals surface area (Å²) in [6.07, 6.45) is 4.19. The maximum atomic E-state index is 12.1. The van der Waals surface area contributed by atoms with Crippen LogP contribution in [0.1, 0.15) is 32.6 Å². The van der Waals surface area contributed by atoms with Gasteiger partial charge in [0.2, 0.25) is 5.91 Å². The van der Waals surface area contributed by atoms with E-state index in [-0.39, 0.29) is 6.04 Å². The van der Waals surface area contributed by atoms with E-state index in [9.17, 15) is 4.79 Å². The van der Waals surface area contributed by atoms with E-state index in [0.29, 0.717) is 18.9 Å². The Morgan fingerprint density at radius 1 is 1.35 bits per heavy atom. The molecule has 2 aliphatic heterocycles. The Balaban J connectivity index is 1.84. The standard InChI is InChI=1S/C13H25N3O/c1-11-4-7-16(10-11)12(9-14)8-13(17)15-5-2-3-6-15/h11-12H,2-10,14H2,1H3. The molecule has 1 amide bonds. The lowest BCUT2D eigenvalue weighted by Crippen LogP contribution is -2.43. The average Bonchev–Trinajstić information content (AvgIpc) is 2.96. The summed E-state index contributed by atoms with van der Waals surface area (Å²) in [7, 11) is 0. The van der Waals surface area contributed by atoms with E-state index in [1.54, 1.807) is 0 Å². The van der Waals surface area contributed by atoms with E-state index in [1.165, 1.54) is 19.3 Å². The quantitative estimate of drug-likeness (QED) is 0.784. The fourth-order valence-electron chi connectivity index (χ4n) is 2.96. The van der Waals surface area contributed by atoms with Crippen LogP contribution in [0.15, 0.2) is 0 Å². The zero-order valence-electron chi connectivity index (χ0n) is 10.9. The van der Waals surface area contributed by atoms with Gasteiger partial charge in [-0.1, -0.05) is 6.92 Å². The number of nitrogens with zero attached hydrogens (tertiary/aromatic N) is 2. The third-order valence-corrected chi connectivity index (χ3v) is 4.11. The molecule has 2 unspecified atom stereocenters. The van der Waals surface area contributed by atoms with E-state index in [4.69, 9.17) is 5.73 Å². The SMILES string of the molecule is CC1CCN(C(CN)CC(=O)N2CCCC2)C1. The molecule has 0 saturated carbocycles. The highest BCUT2D eigenvalue weighted by atomic mass is 16.2. The van der Waals surface area contributed by atoms with Crippen LogP contribution in [0.2, 0.25) is 0 Å². The molecule has 2 fully saturated rings. The lowest BCUT2D eigenvalue weighted by molar-refractivity contribution is -0.131. The van der Waals surface area contributed by atoms with Crippen LogP contribution in [0, 0.1) is 5.92 Å². The molecule has 17 heavy (non-hydrogen) atoms. The Hall–Kier alpha value is -0.610. The monoisotopic (exact) mass is 239 g/mol. The van der Waals surface area contributed by atoms with E-state index < -0.39 is 0 Å². The molecule has 2 saturated heterocycles. The lowest BCUT2D eigenvalue weighted by atomic mass is 10.1. The maximum Gasteiger partial charge on any atom is 0.224 e. The summed E-state index contributed by atoms with van der Waals surface area (Å²) in [6.45, 7) is 6.99. The Morgan fingerprint density at radius 3 is 2.59 bits per heavy atom. The number of rotatable bonds is 4. The van der Waals surface area contributed by atoms with E-state index in [0.717, 1.165) is 32.1 Å². The minimum atomic E-state index is 0.257. The summed E-state index contributed by atoms with van der Waals surface area (Å²) >= 11 is 0. The molecule has 0 aromatic carbocycles. The molecule has 98 valence electrons. The second kappa shape index (κ2) is 5.83. The summed E-state index contributed by atoms with van der Waals surface area (Å²) in [6, 6.07) is 0.257. The smallest absolute Gasteiger partial charge is 0.224 e. The normalized spacial score (nSPS) is 27.6. The molecule has 2 N–H and O–H groups in total. The van der Waals surface area contributed by atoms with Crippen molar-refractivity contribution in [3.8, 4) is 0 Å². The fraction of sp³-hybridized carbons (Fsp3) is 0.923. The van der Waals surface area contributed by atoms with Crippen LogP contribution in [-0.4, -0.2) is 54.5 Å². The summed E-state index contributed by atoms with van der Waals surface area (Å²) in [5, 5.41) is 0. The molecule has 0 aliphatic carbocycles. The number of hydrogen-bond acceptors (Lipinski definition) is 3. The molecule has 0 radical (unpaired) electrons. The highest BCUT2D eigenvalue weighted by Gasteiger charge is 2.28. The van der Waals surface area contributed by atoms with E-state index >= 15 is 0 Å². The van der Waals surface area contributed by atoms with Crippen molar-refractivity contribution in [2.24, 2.45) is 11.7 Å². The predicted molar refractivity (Wildman–Crippen MR) is 68.6 cm³/mol. The lowest BCUT2D eigenvalue weighted by Gasteiger charge is -2.27. The van der Waals surface area contributed by atoms with Gasteiger partial charge in [-0.15, -0.1) is 0 Å². The molecule has 0 aromatic rings. The Labute approximate surface area is 104 Å². The van der Waals surface area contributed by atoms with Crippen molar-refractivity contribution in [2.45, 2.75) is 38.6 Å². The van der Waals surface area contributed by atoms with Crippen molar-refractivity contribution in [3.63, 3.8) is 0 Å². The maximum absolute atomic E-state index is 12.1. The van der Waals surface area contributed by atoms with Gasteiger partial charge in [-0.2, -0.15) is 0 Å². The second-order valence-electron chi connectivity index (χ2n) is 5.57. The molecule has 2 heterocycles. The highest BCUT2D eigenvalue weighted by Crippen LogP contribution is 2.20. The summed E-state index contributed by atoms with van der Waals surface area (Å²) in [5.74, 6) is 1.06. The van der Waals surface area contributed by atoms with Gasteiger partial charge in [0.25, 0.3) is 0 Å². The predicted octanol–water partition coefficient (Wildman–Crippen LogP) is 0.668.